The molecule has 2 aromatic rings. The lowest BCUT2D eigenvalue weighted by Gasteiger charge is -2.09. The van der Waals surface area contributed by atoms with Crippen LogP contribution in [0.4, 0.5) is 8.78 Å². The molecule has 1 aliphatic rings. The van der Waals surface area contributed by atoms with E-state index >= 15 is 0 Å². The highest BCUT2D eigenvalue weighted by Crippen LogP contribution is 2.47. The lowest BCUT2D eigenvalue weighted by atomic mass is 10.1. The number of halogens is 2. The minimum absolute atomic E-state index is 0.0446. The van der Waals surface area contributed by atoms with Gasteiger partial charge >= 0.3 is 5.97 Å². The summed E-state index contributed by atoms with van der Waals surface area (Å²) >= 11 is 0. The average molecular weight is 361 g/mol. The van der Waals surface area contributed by atoms with Gasteiger partial charge in [-0.25, -0.2) is 13.6 Å². The Kier molecular flexibility index (Phi) is 4.88. The largest absolute Gasteiger partial charge is 0.496 e. The monoisotopic (exact) mass is 361 g/mol. The van der Waals surface area contributed by atoms with Gasteiger partial charge < -0.3 is 15.2 Å². The number of methoxy groups -OCH3 is 1. The highest BCUT2D eigenvalue weighted by atomic mass is 19.2. The van der Waals surface area contributed by atoms with Crippen LogP contribution in [0.1, 0.15) is 33.8 Å². The molecule has 0 bridgehead atoms. The number of aromatic carboxylic acids is 1. The first-order valence-electron chi connectivity index (χ1n) is 8.03. The highest BCUT2D eigenvalue weighted by molar-refractivity contribution is 5.91. The number of carboxylic acid groups (broad SMARTS) is 1. The third-order valence-corrected chi connectivity index (χ3v) is 4.46. The summed E-state index contributed by atoms with van der Waals surface area (Å²) in [5.74, 6) is -3.27. The van der Waals surface area contributed by atoms with E-state index in [0.717, 1.165) is 12.1 Å². The van der Waals surface area contributed by atoms with Gasteiger partial charge in [-0.2, -0.15) is 0 Å². The summed E-state index contributed by atoms with van der Waals surface area (Å²) in [5.41, 5.74) is 1.35. The summed E-state index contributed by atoms with van der Waals surface area (Å²) in [6.07, 6.45) is 0.582. The van der Waals surface area contributed by atoms with Crippen LogP contribution >= 0.6 is 0 Å². The predicted octanol–water partition coefficient (Wildman–Crippen LogP) is 3.09. The van der Waals surface area contributed by atoms with E-state index in [2.05, 4.69) is 5.32 Å². The van der Waals surface area contributed by atoms with Crippen LogP contribution in [0.2, 0.25) is 0 Å². The van der Waals surface area contributed by atoms with Crippen molar-refractivity contribution < 1.29 is 28.2 Å². The molecule has 7 heteroatoms. The van der Waals surface area contributed by atoms with Crippen LogP contribution in [-0.2, 0) is 11.3 Å². The number of carbonyl (C=O) groups excluding carboxylic acids is 1. The fourth-order valence-electron chi connectivity index (χ4n) is 2.94. The number of carbonyl (C=O) groups is 2. The highest BCUT2D eigenvalue weighted by Gasteiger charge is 2.44. The molecule has 2 aromatic carbocycles. The topological polar surface area (TPSA) is 75.6 Å². The molecule has 0 aliphatic heterocycles. The third kappa shape index (κ3) is 3.66. The van der Waals surface area contributed by atoms with Crippen molar-refractivity contribution in [2.75, 3.05) is 7.11 Å². The van der Waals surface area contributed by atoms with E-state index in [1.807, 2.05) is 0 Å². The smallest absolute Gasteiger partial charge is 0.339 e. The van der Waals surface area contributed by atoms with Gasteiger partial charge in [0.1, 0.15) is 11.3 Å². The second-order valence-electron chi connectivity index (χ2n) is 6.18. The maximum atomic E-state index is 13.3. The summed E-state index contributed by atoms with van der Waals surface area (Å²) in [7, 11) is 1.38. The molecular weight excluding hydrogens is 344 g/mol. The van der Waals surface area contributed by atoms with Crippen molar-refractivity contribution in [2.45, 2.75) is 18.9 Å². The first-order valence-corrected chi connectivity index (χ1v) is 8.03. The van der Waals surface area contributed by atoms with Crippen molar-refractivity contribution in [3.8, 4) is 5.75 Å². The number of hydrogen-bond acceptors (Lipinski definition) is 3. The summed E-state index contributed by atoms with van der Waals surface area (Å²) in [6.45, 7) is 0.218. The number of nitrogens with one attached hydrogen (secondary N) is 1. The van der Waals surface area contributed by atoms with Gasteiger partial charge in [0, 0.05) is 12.5 Å². The molecule has 2 atom stereocenters. The predicted molar refractivity (Wildman–Crippen MR) is 89.0 cm³/mol. The van der Waals surface area contributed by atoms with Gasteiger partial charge in [-0.3, -0.25) is 4.79 Å². The molecule has 1 saturated carbocycles. The zero-order valence-electron chi connectivity index (χ0n) is 14.0. The number of benzene rings is 2. The Balaban J connectivity index is 1.60. The SMILES string of the molecule is COc1cc(CNC(=O)[C@@H]2C[C@@H]2c2ccc(F)c(F)c2)ccc1C(=O)O. The number of rotatable bonds is 6. The van der Waals surface area contributed by atoms with Gasteiger partial charge in [0.15, 0.2) is 11.6 Å². The van der Waals surface area contributed by atoms with E-state index < -0.39 is 17.6 Å². The molecule has 136 valence electrons. The van der Waals surface area contributed by atoms with E-state index in [1.165, 1.54) is 19.2 Å². The third-order valence-electron chi connectivity index (χ3n) is 4.46. The van der Waals surface area contributed by atoms with Crippen molar-refractivity contribution in [2.24, 2.45) is 5.92 Å². The van der Waals surface area contributed by atoms with E-state index in [4.69, 9.17) is 9.84 Å². The second kappa shape index (κ2) is 7.11. The van der Waals surface area contributed by atoms with Crippen LogP contribution in [0.5, 0.6) is 5.75 Å². The Labute approximate surface area is 148 Å². The van der Waals surface area contributed by atoms with E-state index in [0.29, 0.717) is 17.5 Å². The van der Waals surface area contributed by atoms with Crippen molar-refractivity contribution in [3.63, 3.8) is 0 Å². The molecule has 0 heterocycles. The second-order valence-corrected chi connectivity index (χ2v) is 6.18. The molecular formula is C19H17F2NO4. The summed E-state index contributed by atoms with van der Waals surface area (Å²) in [6, 6.07) is 8.27. The van der Waals surface area contributed by atoms with Crippen LogP contribution in [0.3, 0.4) is 0 Å². The standard InChI is InChI=1S/C19H17F2NO4/c1-26-17-6-10(2-4-12(17)19(24)25)9-22-18(23)14-8-13(14)11-3-5-15(20)16(21)7-11/h2-7,13-14H,8-9H2,1H3,(H,22,23)(H,24,25)/t13-,14-/m1/s1. The van der Waals surface area contributed by atoms with Crippen LogP contribution in [0.25, 0.3) is 0 Å². The lowest BCUT2D eigenvalue weighted by Crippen LogP contribution is -2.25. The Morgan fingerprint density at radius 2 is 1.96 bits per heavy atom. The molecule has 0 saturated heterocycles. The lowest BCUT2D eigenvalue weighted by molar-refractivity contribution is -0.122. The van der Waals surface area contributed by atoms with E-state index in [-0.39, 0.29) is 35.6 Å². The number of carboxylic acids is 1. The normalized spacial score (nSPS) is 18.3. The zero-order valence-corrected chi connectivity index (χ0v) is 14.0. The van der Waals surface area contributed by atoms with Crippen LogP contribution in [-0.4, -0.2) is 24.1 Å². The molecule has 0 unspecified atom stereocenters. The molecule has 26 heavy (non-hydrogen) atoms. The molecule has 3 rings (SSSR count). The number of hydrogen-bond donors (Lipinski definition) is 2. The Hall–Kier alpha value is -2.96. The Bertz CT molecular complexity index is 869. The minimum atomic E-state index is -1.09. The van der Waals surface area contributed by atoms with Crippen LogP contribution < -0.4 is 10.1 Å². The first-order chi connectivity index (χ1) is 12.4. The van der Waals surface area contributed by atoms with Crippen LogP contribution in [0, 0.1) is 17.6 Å². The maximum absolute atomic E-state index is 13.3. The molecule has 1 fully saturated rings. The number of ether oxygens (including phenoxy) is 1. The first kappa shape index (κ1) is 17.8. The Morgan fingerprint density at radius 3 is 2.62 bits per heavy atom. The molecule has 1 amide bonds. The molecule has 0 aromatic heterocycles. The van der Waals surface area contributed by atoms with Gasteiger partial charge in [-0.05, 0) is 47.7 Å². The van der Waals surface area contributed by atoms with Crippen molar-refractivity contribution >= 4 is 11.9 Å². The van der Waals surface area contributed by atoms with Gasteiger partial charge in [0.2, 0.25) is 5.91 Å². The molecule has 1 aliphatic carbocycles. The van der Waals surface area contributed by atoms with Crippen molar-refractivity contribution in [3.05, 3.63) is 64.7 Å². The van der Waals surface area contributed by atoms with Crippen LogP contribution in [0.15, 0.2) is 36.4 Å². The molecule has 0 spiro atoms. The quantitative estimate of drug-likeness (QED) is 0.829. The van der Waals surface area contributed by atoms with E-state index in [9.17, 15) is 18.4 Å². The maximum Gasteiger partial charge on any atom is 0.339 e. The summed E-state index contributed by atoms with van der Waals surface area (Å²) in [4.78, 5) is 23.3. The van der Waals surface area contributed by atoms with E-state index in [1.54, 1.807) is 12.1 Å². The fraction of sp³-hybridized carbons (Fsp3) is 0.263. The fourth-order valence-corrected chi connectivity index (χ4v) is 2.94. The zero-order chi connectivity index (χ0) is 18.8. The Morgan fingerprint density at radius 1 is 1.19 bits per heavy atom. The van der Waals surface area contributed by atoms with Gasteiger partial charge in [-0.15, -0.1) is 0 Å². The van der Waals surface area contributed by atoms with Gasteiger partial charge in [0.25, 0.3) is 0 Å². The molecule has 2 N–H and O–H groups in total. The van der Waals surface area contributed by atoms with Crippen molar-refractivity contribution in [1.29, 1.82) is 0 Å². The molecule has 5 nitrogen and oxygen atoms in total. The van der Waals surface area contributed by atoms with Crippen molar-refractivity contribution in [1.82, 2.24) is 5.32 Å². The van der Waals surface area contributed by atoms with Gasteiger partial charge in [-0.1, -0.05) is 12.1 Å². The number of amides is 1. The molecule has 0 radical (unpaired) electrons. The average Bonchev–Trinajstić information content (AvgIpc) is 3.42. The summed E-state index contributed by atoms with van der Waals surface area (Å²) in [5, 5.41) is 11.8. The van der Waals surface area contributed by atoms with Gasteiger partial charge in [0.05, 0.1) is 7.11 Å². The minimum Gasteiger partial charge on any atom is -0.496 e. The summed E-state index contributed by atoms with van der Waals surface area (Å²) < 4.78 is 31.3.